The lowest BCUT2D eigenvalue weighted by Crippen LogP contribution is -2.46. The molecule has 0 aliphatic rings. The van der Waals surface area contributed by atoms with E-state index in [1.54, 1.807) is 18.2 Å². The Hall–Kier alpha value is -3.73. The molecular formula is C23H26N4O6S. The molecule has 1 atom stereocenters. The molecule has 0 fully saturated rings. The molecule has 1 unspecified atom stereocenters. The van der Waals surface area contributed by atoms with E-state index in [-0.39, 0.29) is 17.7 Å². The fourth-order valence-corrected chi connectivity index (χ4v) is 3.78. The molecule has 34 heavy (non-hydrogen) atoms. The van der Waals surface area contributed by atoms with Gasteiger partial charge in [-0.15, -0.1) is 0 Å². The van der Waals surface area contributed by atoms with Crippen LogP contribution < -0.4 is 25.7 Å². The number of benzene rings is 2. The molecular weight excluding hydrogens is 460 g/mol. The van der Waals surface area contributed by atoms with Crippen LogP contribution in [0.2, 0.25) is 0 Å². The lowest BCUT2D eigenvalue weighted by Gasteiger charge is -2.19. The van der Waals surface area contributed by atoms with Crippen LogP contribution in [-0.4, -0.2) is 58.7 Å². The standard InChI is InChI=1S/C23H26N4O6S/c1-32-19-10-16-18(11-20(19)33-2)24-13-27(23(16)31)12-21(29)26-17(7-8-34-3)22(30)25-14-5-4-6-15(28)9-14/h4-6,9-11,13,17,28H,7-8,12H2,1-3H3,(H,25,30)(H,26,29). The summed E-state index contributed by atoms with van der Waals surface area (Å²) < 4.78 is 11.7. The maximum Gasteiger partial charge on any atom is 0.261 e. The van der Waals surface area contributed by atoms with E-state index >= 15 is 0 Å². The van der Waals surface area contributed by atoms with E-state index in [1.807, 2.05) is 6.26 Å². The number of phenols is 1. The number of hydrogen-bond acceptors (Lipinski definition) is 8. The average Bonchev–Trinajstić information content (AvgIpc) is 2.82. The Labute approximate surface area is 200 Å². The highest BCUT2D eigenvalue weighted by molar-refractivity contribution is 7.98. The van der Waals surface area contributed by atoms with E-state index in [0.717, 1.165) is 0 Å². The van der Waals surface area contributed by atoms with E-state index in [1.165, 1.54) is 55.1 Å². The lowest BCUT2D eigenvalue weighted by molar-refractivity contribution is -0.127. The van der Waals surface area contributed by atoms with Crippen LogP contribution in [0.3, 0.4) is 0 Å². The maximum absolute atomic E-state index is 12.9. The fourth-order valence-electron chi connectivity index (χ4n) is 3.31. The number of aromatic nitrogens is 2. The molecule has 1 heterocycles. The van der Waals surface area contributed by atoms with Gasteiger partial charge in [0.2, 0.25) is 11.8 Å². The number of nitrogens with zero attached hydrogens (tertiary/aromatic N) is 2. The van der Waals surface area contributed by atoms with Crippen molar-refractivity contribution in [1.82, 2.24) is 14.9 Å². The first-order valence-corrected chi connectivity index (χ1v) is 11.7. The number of anilines is 1. The predicted molar refractivity (Wildman–Crippen MR) is 131 cm³/mol. The number of fused-ring (bicyclic) bond motifs is 1. The molecule has 3 aromatic rings. The van der Waals surface area contributed by atoms with E-state index in [0.29, 0.717) is 34.9 Å². The zero-order valence-corrected chi connectivity index (χ0v) is 19.8. The molecule has 11 heteroatoms. The molecule has 0 saturated heterocycles. The van der Waals surface area contributed by atoms with E-state index in [2.05, 4.69) is 15.6 Å². The number of methoxy groups -OCH3 is 2. The minimum absolute atomic E-state index is 0.0138. The summed E-state index contributed by atoms with van der Waals surface area (Å²) >= 11 is 1.54. The summed E-state index contributed by atoms with van der Waals surface area (Å²) in [6, 6.07) is 8.42. The van der Waals surface area contributed by atoms with Crippen molar-refractivity contribution < 1.29 is 24.2 Å². The fraction of sp³-hybridized carbons (Fsp3) is 0.304. The van der Waals surface area contributed by atoms with Crippen LogP contribution in [0.15, 0.2) is 47.5 Å². The Balaban J connectivity index is 1.77. The molecule has 1 aromatic heterocycles. The van der Waals surface area contributed by atoms with Crippen LogP contribution in [0.1, 0.15) is 6.42 Å². The highest BCUT2D eigenvalue weighted by Gasteiger charge is 2.21. The van der Waals surface area contributed by atoms with Crippen molar-refractivity contribution in [1.29, 1.82) is 0 Å². The van der Waals surface area contributed by atoms with Crippen LogP contribution >= 0.6 is 11.8 Å². The predicted octanol–water partition coefficient (Wildman–Crippen LogP) is 2.00. The number of hydrogen-bond donors (Lipinski definition) is 3. The van der Waals surface area contributed by atoms with Gasteiger partial charge in [-0.2, -0.15) is 11.8 Å². The van der Waals surface area contributed by atoms with Gasteiger partial charge in [0.05, 0.1) is 31.4 Å². The van der Waals surface area contributed by atoms with E-state index in [9.17, 15) is 19.5 Å². The number of thioether (sulfide) groups is 1. The Kier molecular flexibility index (Phi) is 8.36. The summed E-state index contributed by atoms with van der Waals surface area (Å²) in [5, 5.41) is 15.3. The molecule has 180 valence electrons. The molecule has 0 aliphatic carbocycles. The van der Waals surface area contributed by atoms with Gasteiger partial charge in [0.15, 0.2) is 11.5 Å². The monoisotopic (exact) mass is 486 g/mol. The van der Waals surface area contributed by atoms with E-state index < -0.39 is 23.4 Å². The van der Waals surface area contributed by atoms with Gasteiger partial charge in [0.1, 0.15) is 18.3 Å². The van der Waals surface area contributed by atoms with Gasteiger partial charge in [-0.25, -0.2) is 4.98 Å². The first-order valence-electron chi connectivity index (χ1n) is 10.4. The van der Waals surface area contributed by atoms with E-state index in [4.69, 9.17) is 9.47 Å². The van der Waals surface area contributed by atoms with Crippen molar-refractivity contribution in [3.63, 3.8) is 0 Å². The number of phenolic OH excluding ortho intramolecular Hbond substituents is 1. The number of amides is 2. The zero-order chi connectivity index (χ0) is 24.7. The molecule has 0 spiro atoms. The normalized spacial score (nSPS) is 11.6. The summed E-state index contributed by atoms with van der Waals surface area (Å²) in [4.78, 5) is 42.7. The van der Waals surface area contributed by atoms with Crippen LogP contribution in [0, 0.1) is 0 Å². The first kappa shape index (κ1) is 24.9. The topological polar surface area (TPSA) is 132 Å². The Morgan fingerprint density at radius 1 is 1.18 bits per heavy atom. The Morgan fingerprint density at radius 3 is 2.59 bits per heavy atom. The molecule has 0 aliphatic heterocycles. The summed E-state index contributed by atoms with van der Waals surface area (Å²) in [5.74, 6) is 0.524. The molecule has 2 aromatic carbocycles. The number of carbonyl (C=O) groups excluding carboxylic acids is 2. The lowest BCUT2D eigenvalue weighted by atomic mass is 10.2. The SMILES string of the molecule is COc1cc2ncn(CC(=O)NC(CCSC)C(=O)Nc3cccc(O)c3)c(=O)c2cc1OC. The third-order valence-electron chi connectivity index (χ3n) is 5.02. The van der Waals surface area contributed by atoms with Crippen LogP contribution in [-0.2, 0) is 16.1 Å². The largest absolute Gasteiger partial charge is 0.508 e. The third kappa shape index (κ3) is 5.98. The quantitative estimate of drug-likeness (QED) is 0.397. The van der Waals surface area contributed by atoms with Crippen molar-refractivity contribution >= 4 is 40.2 Å². The maximum atomic E-state index is 12.9. The highest BCUT2D eigenvalue weighted by atomic mass is 32.2. The number of nitrogens with one attached hydrogen (secondary N) is 2. The van der Waals surface area contributed by atoms with Crippen molar-refractivity contribution in [3.8, 4) is 17.2 Å². The van der Waals surface area contributed by atoms with Crippen LogP contribution in [0.4, 0.5) is 5.69 Å². The van der Waals surface area contributed by atoms with Gasteiger partial charge in [0.25, 0.3) is 5.56 Å². The molecule has 0 radical (unpaired) electrons. The Bertz CT molecular complexity index is 1250. The van der Waals surface area contributed by atoms with Gasteiger partial charge >= 0.3 is 0 Å². The second-order valence-corrected chi connectivity index (χ2v) is 8.33. The highest BCUT2D eigenvalue weighted by Crippen LogP contribution is 2.29. The summed E-state index contributed by atoms with van der Waals surface area (Å²) in [6.07, 6.45) is 3.56. The summed E-state index contributed by atoms with van der Waals surface area (Å²) in [7, 11) is 2.95. The van der Waals surface area contributed by atoms with Crippen molar-refractivity contribution in [2.45, 2.75) is 19.0 Å². The summed E-state index contributed by atoms with van der Waals surface area (Å²) in [6.45, 7) is -0.314. The number of aromatic hydroxyl groups is 1. The van der Waals surface area contributed by atoms with Gasteiger partial charge in [-0.05, 0) is 36.6 Å². The Morgan fingerprint density at radius 2 is 1.91 bits per heavy atom. The van der Waals surface area contributed by atoms with Crippen molar-refractivity contribution in [3.05, 3.63) is 53.1 Å². The smallest absolute Gasteiger partial charge is 0.261 e. The molecule has 0 bridgehead atoms. The van der Waals surface area contributed by atoms with Gasteiger partial charge in [0, 0.05) is 17.8 Å². The summed E-state index contributed by atoms with van der Waals surface area (Å²) in [5.41, 5.74) is 0.390. The van der Waals surface area contributed by atoms with Gasteiger partial charge in [-0.1, -0.05) is 6.07 Å². The van der Waals surface area contributed by atoms with Gasteiger partial charge < -0.3 is 25.2 Å². The molecule has 2 amide bonds. The molecule has 3 N–H and O–H groups in total. The molecule has 0 saturated carbocycles. The third-order valence-corrected chi connectivity index (χ3v) is 5.66. The van der Waals surface area contributed by atoms with Gasteiger partial charge in [-0.3, -0.25) is 19.0 Å². The number of ether oxygens (including phenoxy) is 2. The van der Waals surface area contributed by atoms with Crippen LogP contribution in [0.5, 0.6) is 17.2 Å². The van der Waals surface area contributed by atoms with Crippen molar-refractivity contribution in [2.24, 2.45) is 0 Å². The minimum atomic E-state index is -0.823. The average molecular weight is 487 g/mol. The second kappa shape index (κ2) is 11.4. The first-order chi connectivity index (χ1) is 16.4. The number of rotatable bonds is 10. The van der Waals surface area contributed by atoms with Crippen molar-refractivity contribution in [2.75, 3.05) is 31.5 Å². The number of carbonyl (C=O) groups is 2. The molecule has 3 rings (SSSR count). The minimum Gasteiger partial charge on any atom is -0.508 e. The zero-order valence-electron chi connectivity index (χ0n) is 19.0. The van der Waals surface area contributed by atoms with Crippen LogP contribution in [0.25, 0.3) is 10.9 Å². The molecule has 10 nitrogen and oxygen atoms in total. The second-order valence-electron chi connectivity index (χ2n) is 7.34.